The minimum atomic E-state index is -4.49. The molecule has 0 N–H and O–H groups in total. The van der Waals surface area contributed by atoms with Crippen LogP contribution in [0.4, 0.5) is 13.2 Å². The van der Waals surface area contributed by atoms with Crippen molar-refractivity contribution in [3.8, 4) is 29.6 Å². The topological polar surface area (TPSA) is 44.8 Å². The van der Waals surface area contributed by atoms with E-state index in [1.807, 2.05) is 0 Å². The summed E-state index contributed by atoms with van der Waals surface area (Å²) in [6.45, 7) is 1.40. The zero-order valence-corrected chi connectivity index (χ0v) is 17.0. The second-order valence-electron chi connectivity index (χ2n) is 6.49. The maximum absolute atomic E-state index is 12.8. The molecule has 0 unspecified atom stereocenters. The van der Waals surface area contributed by atoms with Crippen molar-refractivity contribution in [1.82, 2.24) is 0 Å². The molecule has 0 aliphatic carbocycles. The standard InChI is InChI=1S/C23H16ClF3O4/c1-3-10-29-22(28)14(2)30-18-7-4-15-5-8-19(12-16(15)11-18)31-21-9-6-17(13-20(21)24)23(25,26)27/h1,4-9,11-14H,10H2,2H3/t14-/m1/s1. The fourth-order valence-electron chi connectivity index (χ4n) is 2.71. The molecular formula is C23H16ClF3O4. The fraction of sp³-hybridized carbons (Fsp3) is 0.174. The first-order chi connectivity index (χ1) is 14.7. The minimum Gasteiger partial charge on any atom is -0.479 e. The molecule has 0 aliphatic rings. The van der Waals surface area contributed by atoms with Crippen molar-refractivity contribution >= 4 is 28.3 Å². The molecule has 0 radical (unpaired) electrons. The molecule has 0 saturated heterocycles. The Morgan fingerprint density at radius 1 is 1.06 bits per heavy atom. The Morgan fingerprint density at radius 2 is 1.74 bits per heavy atom. The van der Waals surface area contributed by atoms with Crippen LogP contribution in [0.1, 0.15) is 12.5 Å². The highest BCUT2D eigenvalue weighted by Gasteiger charge is 2.31. The molecule has 8 heteroatoms. The number of alkyl halides is 3. The third kappa shape index (κ3) is 5.62. The summed E-state index contributed by atoms with van der Waals surface area (Å²) in [5, 5.41) is 1.43. The van der Waals surface area contributed by atoms with Crippen LogP contribution in [0, 0.1) is 12.3 Å². The molecule has 0 spiro atoms. The van der Waals surface area contributed by atoms with Gasteiger partial charge in [0.15, 0.2) is 12.7 Å². The smallest absolute Gasteiger partial charge is 0.416 e. The van der Waals surface area contributed by atoms with Crippen molar-refractivity contribution in [2.45, 2.75) is 19.2 Å². The quantitative estimate of drug-likeness (QED) is 0.330. The zero-order valence-electron chi connectivity index (χ0n) is 16.2. The summed E-state index contributed by atoms with van der Waals surface area (Å²) < 4.78 is 54.5. The second-order valence-corrected chi connectivity index (χ2v) is 6.89. The molecule has 0 aromatic heterocycles. The van der Waals surface area contributed by atoms with Crippen LogP contribution in [0.15, 0.2) is 54.6 Å². The van der Waals surface area contributed by atoms with Crippen LogP contribution in [0.5, 0.6) is 17.2 Å². The van der Waals surface area contributed by atoms with Crippen LogP contribution < -0.4 is 9.47 Å². The van der Waals surface area contributed by atoms with E-state index in [4.69, 9.17) is 32.2 Å². The van der Waals surface area contributed by atoms with Crippen LogP contribution in [-0.4, -0.2) is 18.7 Å². The van der Waals surface area contributed by atoms with E-state index >= 15 is 0 Å². The molecular weight excluding hydrogens is 433 g/mol. The van der Waals surface area contributed by atoms with E-state index in [9.17, 15) is 18.0 Å². The maximum Gasteiger partial charge on any atom is 0.416 e. The Morgan fingerprint density at radius 3 is 2.39 bits per heavy atom. The van der Waals surface area contributed by atoms with E-state index in [0.29, 0.717) is 11.5 Å². The Bertz CT molecular complexity index is 1150. The molecule has 0 amide bonds. The van der Waals surface area contributed by atoms with Gasteiger partial charge in [0.05, 0.1) is 10.6 Å². The molecule has 0 aliphatic heterocycles. The average molecular weight is 449 g/mol. The molecule has 0 heterocycles. The van der Waals surface area contributed by atoms with E-state index in [-0.39, 0.29) is 17.4 Å². The van der Waals surface area contributed by atoms with Gasteiger partial charge in [-0.1, -0.05) is 29.7 Å². The number of halogens is 4. The molecule has 3 aromatic carbocycles. The summed E-state index contributed by atoms with van der Waals surface area (Å²) in [6.07, 6.45) is -0.300. The molecule has 0 saturated carbocycles. The summed E-state index contributed by atoms with van der Waals surface area (Å²) in [6, 6.07) is 13.2. The summed E-state index contributed by atoms with van der Waals surface area (Å²) in [5.74, 6) is 2.49. The first kappa shape index (κ1) is 22.3. The van der Waals surface area contributed by atoms with Gasteiger partial charge in [0.1, 0.15) is 17.2 Å². The van der Waals surface area contributed by atoms with Gasteiger partial charge in [-0.15, -0.1) is 6.42 Å². The van der Waals surface area contributed by atoms with Gasteiger partial charge in [0, 0.05) is 0 Å². The first-order valence-electron chi connectivity index (χ1n) is 9.02. The predicted molar refractivity (Wildman–Crippen MR) is 110 cm³/mol. The minimum absolute atomic E-state index is 0.0892. The van der Waals surface area contributed by atoms with Crippen molar-refractivity contribution in [1.29, 1.82) is 0 Å². The van der Waals surface area contributed by atoms with E-state index in [1.165, 1.54) is 13.0 Å². The van der Waals surface area contributed by atoms with Crippen molar-refractivity contribution in [2.75, 3.05) is 6.61 Å². The molecule has 4 nitrogen and oxygen atoms in total. The van der Waals surface area contributed by atoms with E-state index in [1.54, 1.807) is 36.4 Å². The van der Waals surface area contributed by atoms with Crippen molar-refractivity contribution in [2.24, 2.45) is 0 Å². The first-order valence-corrected chi connectivity index (χ1v) is 9.40. The SMILES string of the molecule is C#CCOC(=O)[C@@H](C)Oc1ccc2ccc(Oc3ccc(C(F)(F)F)cc3Cl)cc2c1. The summed E-state index contributed by atoms with van der Waals surface area (Å²) >= 11 is 5.95. The normalized spacial score (nSPS) is 12.1. The number of terminal acetylenes is 1. The molecule has 3 aromatic rings. The summed E-state index contributed by atoms with van der Waals surface area (Å²) in [4.78, 5) is 11.8. The van der Waals surface area contributed by atoms with Crippen LogP contribution in [-0.2, 0) is 15.7 Å². The lowest BCUT2D eigenvalue weighted by Gasteiger charge is -2.14. The number of fused-ring (bicyclic) bond motifs is 1. The molecule has 31 heavy (non-hydrogen) atoms. The Kier molecular flexibility index (Phi) is 6.62. The molecule has 0 bridgehead atoms. The lowest BCUT2D eigenvalue weighted by Crippen LogP contribution is -2.26. The lowest BCUT2D eigenvalue weighted by atomic mass is 10.1. The van der Waals surface area contributed by atoms with Crippen LogP contribution in [0.3, 0.4) is 0 Å². The van der Waals surface area contributed by atoms with Crippen LogP contribution in [0.25, 0.3) is 10.8 Å². The molecule has 0 fully saturated rings. The third-order valence-corrected chi connectivity index (χ3v) is 4.51. The average Bonchev–Trinajstić information content (AvgIpc) is 2.72. The summed E-state index contributed by atoms with van der Waals surface area (Å²) in [5.41, 5.74) is -0.861. The number of ether oxygens (including phenoxy) is 3. The van der Waals surface area contributed by atoms with Crippen molar-refractivity contribution < 1.29 is 32.2 Å². The number of rotatable bonds is 6. The summed E-state index contributed by atoms with van der Waals surface area (Å²) in [7, 11) is 0. The molecule has 1 atom stereocenters. The van der Waals surface area contributed by atoms with Crippen molar-refractivity contribution in [3.63, 3.8) is 0 Å². The Hall–Kier alpha value is -3.37. The van der Waals surface area contributed by atoms with E-state index < -0.39 is 23.8 Å². The number of carbonyl (C=O) groups excluding carboxylic acids is 1. The van der Waals surface area contributed by atoms with Gasteiger partial charge in [-0.2, -0.15) is 13.2 Å². The molecule has 3 rings (SSSR count). The second kappa shape index (κ2) is 9.19. The third-order valence-electron chi connectivity index (χ3n) is 4.21. The predicted octanol–water partition coefficient (Wildman–Crippen LogP) is 6.25. The van der Waals surface area contributed by atoms with Gasteiger partial charge in [0.25, 0.3) is 0 Å². The zero-order chi connectivity index (χ0) is 22.6. The Labute approximate surface area is 181 Å². The van der Waals surface area contributed by atoms with Gasteiger partial charge in [-0.25, -0.2) is 4.79 Å². The van der Waals surface area contributed by atoms with E-state index in [2.05, 4.69) is 5.92 Å². The number of esters is 1. The maximum atomic E-state index is 12.8. The highest BCUT2D eigenvalue weighted by Crippen LogP contribution is 2.37. The van der Waals surface area contributed by atoms with Gasteiger partial charge in [0.2, 0.25) is 0 Å². The largest absolute Gasteiger partial charge is 0.479 e. The Balaban J connectivity index is 1.79. The van der Waals surface area contributed by atoms with Gasteiger partial charge >= 0.3 is 12.1 Å². The highest BCUT2D eigenvalue weighted by molar-refractivity contribution is 6.32. The van der Waals surface area contributed by atoms with Crippen LogP contribution >= 0.6 is 11.6 Å². The van der Waals surface area contributed by atoms with Crippen molar-refractivity contribution in [3.05, 3.63) is 65.2 Å². The van der Waals surface area contributed by atoms with Gasteiger partial charge in [-0.05, 0) is 60.2 Å². The number of carbonyl (C=O) groups is 1. The molecule has 160 valence electrons. The van der Waals surface area contributed by atoms with Gasteiger partial charge in [-0.3, -0.25) is 0 Å². The number of hydrogen-bond donors (Lipinski definition) is 0. The number of hydrogen-bond acceptors (Lipinski definition) is 4. The highest BCUT2D eigenvalue weighted by atomic mass is 35.5. The van der Waals surface area contributed by atoms with Gasteiger partial charge < -0.3 is 14.2 Å². The van der Waals surface area contributed by atoms with Crippen LogP contribution in [0.2, 0.25) is 5.02 Å². The lowest BCUT2D eigenvalue weighted by molar-refractivity contribution is -0.149. The fourth-order valence-corrected chi connectivity index (χ4v) is 2.93. The number of benzene rings is 3. The van der Waals surface area contributed by atoms with E-state index in [0.717, 1.165) is 22.9 Å². The monoisotopic (exact) mass is 448 g/mol.